The van der Waals surface area contributed by atoms with Crippen molar-refractivity contribution in [3.63, 3.8) is 0 Å². The molecule has 2 rings (SSSR count). The maximum absolute atomic E-state index is 10.6. The molecule has 1 unspecified atom stereocenters. The largest absolute Gasteiger partial charge is 0.384 e. The van der Waals surface area contributed by atoms with Crippen LogP contribution >= 0.6 is 0 Å². The molecule has 0 radical (unpaired) electrons. The fourth-order valence-electron chi connectivity index (χ4n) is 2.44. The van der Waals surface area contributed by atoms with E-state index in [0.717, 1.165) is 24.8 Å². The predicted octanol–water partition coefficient (Wildman–Crippen LogP) is 1.65. The fourth-order valence-corrected chi connectivity index (χ4v) is 2.44. The van der Waals surface area contributed by atoms with Crippen molar-refractivity contribution in [2.75, 3.05) is 7.05 Å². The summed E-state index contributed by atoms with van der Waals surface area (Å²) in [4.78, 5) is 0. The lowest BCUT2D eigenvalue weighted by Crippen LogP contribution is -2.42. The Morgan fingerprint density at radius 2 is 2.07 bits per heavy atom. The highest BCUT2D eigenvalue weighted by molar-refractivity contribution is 5.25. The molecule has 2 N–H and O–H groups in total. The lowest BCUT2D eigenvalue weighted by molar-refractivity contribution is 0.0185. The summed E-state index contributed by atoms with van der Waals surface area (Å²) in [6, 6.07) is 10.2. The van der Waals surface area contributed by atoms with E-state index < -0.39 is 5.60 Å². The Morgan fingerprint density at radius 1 is 1.36 bits per heavy atom. The summed E-state index contributed by atoms with van der Waals surface area (Å²) in [5, 5.41) is 13.8. The molecule has 0 saturated heterocycles. The first-order chi connectivity index (χ1) is 6.77. The standard InChI is InChI=1S/C12H17NO/c1-13-11-8-5-9-12(11,14)10-6-3-2-4-7-10/h2-4,6-7,11,13-14H,5,8-9H2,1H3/t11-,12?/m0/s1. The van der Waals surface area contributed by atoms with Gasteiger partial charge in [-0.25, -0.2) is 0 Å². The Labute approximate surface area is 85.0 Å². The van der Waals surface area contributed by atoms with Gasteiger partial charge in [0.25, 0.3) is 0 Å². The maximum Gasteiger partial charge on any atom is 0.105 e. The monoisotopic (exact) mass is 191 g/mol. The molecule has 0 heterocycles. The minimum Gasteiger partial charge on any atom is -0.384 e. The number of hydrogen-bond acceptors (Lipinski definition) is 2. The topological polar surface area (TPSA) is 32.3 Å². The molecule has 76 valence electrons. The van der Waals surface area contributed by atoms with Gasteiger partial charge in [-0.3, -0.25) is 0 Å². The fraction of sp³-hybridized carbons (Fsp3) is 0.500. The van der Waals surface area contributed by atoms with Crippen molar-refractivity contribution < 1.29 is 5.11 Å². The third-order valence-corrected chi connectivity index (χ3v) is 3.25. The van der Waals surface area contributed by atoms with Crippen LogP contribution in [0.2, 0.25) is 0 Å². The Morgan fingerprint density at radius 3 is 2.71 bits per heavy atom. The van der Waals surface area contributed by atoms with E-state index in [9.17, 15) is 5.11 Å². The minimum atomic E-state index is -0.657. The van der Waals surface area contributed by atoms with Crippen molar-refractivity contribution >= 4 is 0 Å². The van der Waals surface area contributed by atoms with E-state index in [-0.39, 0.29) is 6.04 Å². The molecule has 2 nitrogen and oxygen atoms in total. The van der Waals surface area contributed by atoms with Crippen molar-refractivity contribution in [3.05, 3.63) is 35.9 Å². The maximum atomic E-state index is 10.6. The Hall–Kier alpha value is -0.860. The van der Waals surface area contributed by atoms with Crippen molar-refractivity contribution in [2.45, 2.75) is 30.9 Å². The lowest BCUT2D eigenvalue weighted by Gasteiger charge is -2.30. The molecular formula is C12H17NO. The van der Waals surface area contributed by atoms with E-state index in [4.69, 9.17) is 0 Å². The van der Waals surface area contributed by atoms with Gasteiger partial charge in [0, 0.05) is 6.04 Å². The van der Waals surface area contributed by atoms with Crippen LogP contribution in [0.1, 0.15) is 24.8 Å². The second kappa shape index (κ2) is 3.71. The zero-order chi connectivity index (χ0) is 10.0. The summed E-state index contributed by atoms with van der Waals surface area (Å²) in [5.74, 6) is 0. The molecular weight excluding hydrogens is 174 g/mol. The summed E-state index contributed by atoms with van der Waals surface area (Å²) in [5.41, 5.74) is 0.382. The molecule has 1 saturated carbocycles. The molecule has 2 atom stereocenters. The summed E-state index contributed by atoms with van der Waals surface area (Å²) < 4.78 is 0. The molecule has 1 aliphatic carbocycles. The van der Waals surface area contributed by atoms with Gasteiger partial charge in [-0.1, -0.05) is 30.3 Å². The highest BCUT2D eigenvalue weighted by Crippen LogP contribution is 2.38. The van der Waals surface area contributed by atoms with Crippen LogP contribution in [-0.4, -0.2) is 18.2 Å². The summed E-state index contributed by atoms with van der Waals surface area (Å²) in [7, 11) is 1.92. The van der Waals surface area contributed by atoms with Crippen molar-refractivity contribution in [1.29, 1.82) is 0 Å². The third-order valence-electron chi connectivity index (χ3n) is 3.25. The van der Waals surface area contributed by atoms with Gasteiger partial charge in [-0.2, -0.15) is 0 Å². The van der Waals surface area contributed by atoms with Crippen molar-refractivity contribution in [1.82, 2.24) is 5.32 Å². The van der Waals surface area contributed by atoms with Crippen LogP contribution in [0, 0.1) is 0 Å². The number of nitrogens with one attached hydrogen (secondary N) is 1. The van der Waals surface area contributed by atoms with E-state index in [0.29, 0.717) is 0 Å². The van der Waals surface area contributed by atoms with Gasteiger partial charge >= 0.3 is 0 Å². The number of likely N-dealkylation sites (N-methyl/N-ethyl adjacent to an activating group) is 1. The molecule has 1 fully saturated rings. The van der Waals surface area contributed by atoms with Crippen LogP contribution in [-0.2, 0) is 5.60 Å². The zero-order valence-electron chi connectivity index (χ0n) is 8.53. The van der Waals surface area contributed by atoms with E-state index in [1.165, 1.54) is 0 Å². The van der Waals surface area contributed by atoms with Crippen LogP contribution in [0.3, 0.4) is 0 Å². The van der Waals surface area contributed by atoms with Crippen LogP contribution in [0.5, 0.6) is 0 Å². The Kier molecular flexibility index (Phi) is 2.57. The normalized spacial score (nSPS) is 32.0. The molecule has 0 bridgehead atoms. The van der Waals surface area contributed by atoms with E-state index in [1.54, 1.807) is 0 Å². The molecule has 0 aromatic heterocycles. The van der Waals surface area contributed by atoms with Gasteiger partial charge in [0.15, 0.2) is 0 Å². The first-order valence-corrected chi connectivity index (χ1v) is 5.22. The van der Waals surface area contributed by atoms with Crippen molar-refractivity contribution in [2.24, 2.45) is 0 Å². The SMILES string of the molecule is CN[C@H]1CCCC1(O)c1ccccc1. The second-order valence-electron chi connectivity index (χ2n) is 4.02. The molecule has 14 heavy (non-hydrogen) atoms. The van der Waals surface area contributed by atoms with Crippen LogP contribution < -0.4 is 5.32 Å². The highest BCUT2D eigenvalue weighted by atomic mass is 16.3. The number of rotatable bonds is 2. The average Bonchev–Trinajstić information content (AvgIpc) is 2.62. The van der Waals surface area contributed by atoms with Gasteiger partial charge in [0.1, 0.15) is 5.60 Å². The van der Waals surface area contributed by atoms with Crippen LogP contribution in [0.15, 0.2) is 30.3 Å². The minimum absolute atomic E-state index is 0.199. The lowest BCUT2D eigenvalue weighted by atomic mass is 9.89. The molecule has 0 aliphatic heterocycles. The van der Waals surface area contributed by atoms with Crippen LogP contribution in [0.4, 0.5) is 0 Å². The average molecular weight is 191 g/mol. The van der Waals surface area contributed by atoms with E-state index in [2.05, 4.69) is 5.32 Å². The molecule has 1 aromatic carbocycles. The van der Waals surface area contributed by atoms with Crippen LogP contribution in [0.25, 0.3) is 0 Å². The second-order valence-corrected chi connectivity index (χ2v) is 4.02. The highest BCUT2D eigenvalue weighted by Gasteiger charge is 2.41. The zero-order valence-corrected chi connectivity index (χ0v) is 8.53. The number of hydrogen-bond donors (Lipinski definition) is 2. The van der Waals surface area contributed by atoms with Gasteiger partial charge in [-0.15, -0.1) is 0 Å². The summed E-state index contributed by atoms with van der Waals surface area (Å²) >= 11 is 0. The third kappa shape index (κ3) is 1.45. The van der Waals surface area contributed by atoms with Gasteiger partial charge in [0.2, 0.25) is 0 Å². The number of benzene rings is 1. The van der Waals surface area contributed by atoms with E-state index in [1.807, 2.05) is 37.4 Å². The van der Waals surface area contributed by atoms with Gasteiger partial charge in [-0.05, 0) is 31.9 Å². The van der Waals surface area contributed by atoms with Gasteiger partial charge in [0.05, 0.1) is 0 Å². The molecule has 0 amide bonds. The smallest absolute Gasteiger partial charge is 0.105 e. The molecule has 1 aliphatic rings. The van der Waals surface area contributed by atoms with E-state index >= 15 is 0 Å². The quantitative estimate of drug-likeness (QED) is 0.745. The Balaban J connectivity index is 2.31. The van der Waals surface area contributed by atoms with Gasteiger partial charge < -0.3 is 10.4 Å². The first kappa shape index (κ1) is 9.69. The molecule has 2 heteroatoms. The molecule has 1 aromatic rings. The Bertz CT molecular complexity index is 298. The molecule has 0 spiro atoms. The number of aliphatic hydroxyl groups is 1. The predicted molar refractivity (Wildman–Crippen MR) is 57.0 cm³/mol. The first-order valence-electron chi connectivity index (χ1n) is 5.22. The summed E-state index contributed by atoms with van der Waals surface area (Å²) in [6.45, 7) is 0. The van der Waals surface area contributed by atoms with Crippen molar-refractivity contribution in [3.8, 4) is 0 Å². The summed E-state index contributed by atoms with van der Waals surface area (Å²) in [6.07, 6.45) is 3.02.